The minimum Gasteiger partial charge on any atom is -0.341 e. The highest BCUT2D eigenvalue weighted by atomic mass is 35.5. The van der Waals surface area contributed by atoms with E-state index in [1.54, 1.807) is 24.1 Å². The zero-order valence-corrected chi connectivity index (χ0v) is 13.4. The second kappa shape index (κ2) is 7.13. The molecular formula is C14H22Cl2N2O. The SMILES string of the molecule is Cc1ccc(C(=O)N(C)CC(C)(C)CN)cc1Cl.Cl. The van der Waals surface area contributed by atoms with E-state index in [1.807, 2.05) is 26.8 Å². The Morgan fingerprint density at radius 2 is 2.00 bits per heavy atom. The van der Waals surface area contributed by atoms with E-state index in [1.165, 1.54) is 0 Å². The van der Waals surface area contributed by atoms with E-state index >= 15 is 0 Å². The molecule has 3 nitrogen and oxygen atoms in total. The van der Waals surface area contributed by atoms with Gasteiger partial charge in [0.2, 0.25) is 0 Å². The maximum absolute atomic E-state index is 12.2. The van der Waals surface area contributed by atoms with E-state index in [-0.39, 0.29) is 23.7 Å². The van der Waals surface area contributed by atoms with Crippen LogP contribution in [-0.4, -0.2) is 30.9 Å². The van der Waals surface area contributed by atoms with Crippen molar-refractivity contribution < 1.29 is 4.79 Å². The number of nitrogens with zero attached hydrogens (tertiary/aromatic N) is 1. The molecule has 0 bridgehead atoms. The van der Waals surface area contributed by atoms with E-state index in [2.05, 4.69) is 0 Å². The number of halogens is 2. The molecule has 0 spiro atoms. The monoisotopic (exact) mass is 304 g/mol. The van der Waals surface area contributed by atoms with Crippen LogP contribution < -0.4 is 5.73 Å². The predicted molar refractivity (Wildman–Crippen MR) is 83.2 cm³/mol. The lowest BCUT2D eigenvalue weighted by Crippen LogP contribution is -2.39. The van der Waals surface area contributed by atoms with Gasteiger partial charge in [-0.15, -0.1) is 12.4 Å². The quantitative estimate of drug-likeness (QED) is 0.929. The van der Waals surface area contributed by atoms with E-state index < -0.39 is 0 Å². The summed E-state index contributed by atoms with van der Waals surface area (Å²) in [6.45, 7) is 7.16. The summed E-state index contributed by atoms with van der Waals surface area (Å²) >= 11 is 6.03. The molecule has 1 aromatic carbocycles. The Balaban J connectivity index is 0.00000324. The fourth-order valence-corrected chi connectivity index (χ4v) is 1.91. The average molecular weight is 305 g/mol. The molecule has 0 atom stereocenters. The maximum atomic E-state index is 12.2. The number of benzene rings is 1. The summed E-state index contributed by atoms with van der Waals surface area (Å²) in [5.74, 6) is -0.0292. The Morgan fingerprint density at radius 3 is 2.47 bits per heavy atom. The highest BCUT2D eigenvalue weighted by molar-refractivity contribution is 6.31. The van der Waals surface area contributed by atoms with Crippen LogP contribution in [0.2, 0.25) is 5.02 Å². The van der Waals surface area contributed by atoms with Gasteiger partial charge in [0, 0.05) is 24.2 Å². The third kappa shape index (κ3) is 5.01. The number of hydrogen-bond acceptors (Lipinski definition) is 2. The van der Waals surface area contributed by atoms with Crippen molar-refractivity contribution in [2.45, 2.75) is 20.8 Å². The Morgan fingerprint density at radius 1 is 1.42 bits per heavy atom. The molecule has 19 heavy (non-hydrogen) atoms. The Bertz CT molecular complexity index is 447. The first-order valence-corrected chi connectivity index (χ1v) is 6.36. The van der Waals surface area contributed by atoms with Crippen LogP contribution in [0.25, 0.3) is 0 Å². The van der Waals surface area contributed by atoms with Crippen LogP contribution in [0.15, 0.2) is 18.2 Å². The summed E-state index contributed by atoms with van der Waals surface area (Å²) < 4.78 is 0. The van der Waals surface area contributed by atoms with Crippen molar-refractivity contribution >= 4 is 29.9 Å². The molecule has 0 heterocycles. The highest BCUT2D eigenvalue weighted by Gasteiger charge is 2.22. The van der Waals surface area contributed by atoms with E-state index in [4.69, 9.17) is 17.3 Å². The first-order chi connectivity index (χ1) is 8.26. The van der Waals surface area contributed by atoms with Gasteiger partial charge in [-0.25, -0.2) is 0 Å². The van der Waals surface area contributed by atoms with Crippen LogP contribution in [0.5, 0.6) is 0 Å². The molecule has 0 aromatic heterocycles. The van der Waals surface area contributed by atoms with Gasteiger partial charge in [0.15, 0.2) is 0 Å². The highest BCUT2D eigenvalue weighted by Crippen LogP contribution is 2.19. The standard InChI is InChI=1S/C14H21ClN2O.ClH/c1-10-5-6-11(7-12(10)15)13(18)17(4)9-14(2,3)8-16;/h5-7H,8-9,16H2,1-4H3;1H. The van der Waals surface area contributed by atoms with E-state index in [0.717, 1.165) is 5.56 Å². The zero-order valence-electron chi connectivity index (χ0n) is 11.9. The van der Waals surface area contributed by atoms with Crippen LogP contribution in [0.4, 0.5) is 0 Å². The van der Waals surface area contributed by atoms with E-state index in [0.29, 0.717) is 23.7 Å². The fourth-order valence-electron chi connectivity index (χ4n) is 1.72. The first kappa shape index (κ1) is 18.2. The topological polar surface area (TPSA) is 46.3 Å². The minimum absolute atomic E-state index is 0. The average Bonchev–Trinajstić information content (AvgIpc) is 2.31. The molecule has 0 saturated heterocycles. The number of nitrogens with two attached hydrogens (primary N) is 1. The maximum Gasteiger partial charge on any atom is 0.253 e. The van der Waals surface area contributed by atoms with Crippen molar-refractivity contribution in [3.63, 3.8) is 0 Å². The summed E-state index contributed by atoms with van der Waals surface area (Å²) in [4.78, 5) is 13.9. The molecule has 5 heteroatoms. The Kier molecular flexibility index (Phi) is 6.84. The van der Waals surface area contributed by atoms with Gasteiger partial charge in [0.1, 0.15) is 0 Å². The van der Waals surface area contributed by atoms with Crippen molar-refractivity contribution in [2.75, 3.05) is 20.1 Å². The summed E-state index contributed by atoms with van der Waals surface area (Å²) in [6, 6.07) is 5.37. The third-order valence-corrected chi connectivity index (χ3v) is 3.39. The second-order valence-corrected chi connectivity index (χ2v) is 5.90. The smallest absolute Gasteiger partial charge is 0.253 e. The minimum atomic E-state index is -0.0844. The van der Waals surface area contributed by atoms with Crippen molar-refractivity contribution in [1.82, 2.24) is 4.90 Å². The van der Waals surface area contributed by atoms with Crippen LogP contribution in [0, 0.1) is 12.3 Å². The van der Waals surface area contributed by atoms with Gasteiger partial charge in [0.25, 0.3) is 5.91 Å². The second-order valence-electron chi connectivity index (χ2n) is 5.49. The lowest BCUT2D eigenvalue weighted by Gasteiger charge is -2.29. The van der Waals surface area contributed by atoms with Crippen molar-refractivity contribution in [3.05, 3.63) is 34.3 Å². The van der Waals surface area contributed by atoms with Gasteiger partial charge < -0.3 is 10.6 Å². The molecule has 0 aliphatic heterocycles. The molecule has 0 aliphatic carbocycles. The van der Waals surface area contributed by atoms with Crippen LogP contribution in [-0.2, 0) is 0 Å². The Labute approximate surface area is 126 Å². The van der Waals surface area contributed by atoms with Gasteiger partial charge in [-0.2, -0.15) is 0 Å². The molecule has 2 N–H and O–H groups in total. The van der Waals surface area contributed by atoms with Crippen LogP contribution >= 0.6 is 24.0 Å². The Hall–Kier alpha value is -0.770. The van der Waals surface area contributed by atoms with Gasteiger partial charge in [0.05, 0.1) is 0 Å². The molecule has 1 amide bonds. The first-order valence-electron chi connectivity index (χ1n) is 5.98. The molecular weight excluding hydrogens is 283 g/mol. The molecule has 0 fully saturated rings. The summed E-state index contributed by atoms with van der Waals surface area (Å²) in [5.41, 5.74) is 7.18. The molecule has 0 aliphatic rings. The lowest BCUT2D eigenvalue weighted by molar-refractivity contribution is 0.0740. The van der Waals surface area contributed by atoms with Crippen molar-refractivity contribution in [1.29, 1.82) is 0 Å². The number of hydrogen-bond donors (Lipinski definition) is 1. The number of aryl methyl sites for hydroxylation is 1. The fraction of sp³-hybridized carbons (Fsp3) is 0.500. The molecule has 1 rings (SSSR count). The van der Waals surface area contributed by atoms with Crippen LogP contribution in [0.1, 0.15) is 29.8 Å². The molecule has 1 aromatic rings. The lowest BCUT2D eigenvalue weighted by atomic mass is 9.93. The number of carbonyl (C=O) groups is 1. The molecule has 0 unspecified atom stereocenters. The third-order valence-electron chi connectivity index (χ3n) is 2.98. The van der Waals surface area contributed by atoms with Crippen molar-refractivity contribution in [3.8, 4) is 0 Å². The summed E-state index contributed by atoms with van der Waals surface area (Å²) in [5, 5.41) is 0.618. The summed E-state index contributed by atoms with van der Waals surface area (Å²) in [6.07, 6.45) is 0. The molecule has 0 radical (unpaired) electrons. The van der Waals surface area contributed by atoms with E-state index in [9.17, 15) is 4.79 Å². The largest absolute Gasteiger partial charge is 0.341 e. The van der Waals surface area contributed by atoms with Crippen LogP contribution in [0.3, 0.4) is 0 Å². The number of amides is 1. The van der Waals surface area contributed by atoms with Gasteiger partial charge in [-0.05, 0) is 36.6 Å². The van der Waals surface area contributed by atoms with Crippen molar-refractivity contribution in [2.24, 2.45) is 11.1 Å². The normalized spacial score (nSPS) is 10.8. The number of carbonyl (C=O) groups excluding carboxylic acids is 1. The summed E-state index contributed by atoms with van der Waals surface area (Å²) in [7, 11) is 1.79. The van der Waals surface area contributed by atoms with Gasteiger partial charge in [-0.1, -0.05) is 31.5 Å². The van der Waals surface area contributed by atoms with Gasteiger partial charge >= 0.3 is 0 Å². The van der Waals surface area contributed by atoms with Gasteiger partial charge in [-0.3, -0.25) is 4.79 Å². The predicted octanol–water partition coefficient (Wildman–Crippen LogP) is 3.13. The number of rotatable bonds is 4. The zero-order chi connectivity index (χ0) is 13.9. The molecule has 0 saturated carbocycles. The molecule has 108 valence electrons.